The van der Waals surface area contributed by atoms with Gasteiger partial charge in [-0.2, -0.15) is 0 Å². The molecule has 0 saturated carbocycles. The summed E-state index contributed by atoms with van der Waals surface area (Å²) in [6.07, 6.45) is 2.34. The van der Waals surface area contributed by atoms with Gasteiger partial charge >= 0.3 is 0 Å². The van der Waals surface area contributed by atoms with Gasteiger partial charge in [0.15, 0.2) is 6.04 Å². The van der Waals surface area contributed by atoms with Crippen LogP contribution in [0.5, 0.6) is 0 Å². The summed E-state index contributed by atoms with van der Waals surface area (Å²) in [5, 5.41) is 2.82. The van der Waals surface area contributed by atoms with E-state index in [9.17, 15) is 0 Å². The van der Waals surface area contributed by atoms with Gasteiger partial charge in [-0.3, -0.25) is 0 Å². The van der Waals surface area contributed by atoms with Gasteiger partial charge in [0.25, 0.3) is 0 Å². The molecule has 2 aromatic carbocycles. The highest BCUT2D eigenvalue weighted by Gasteiger charge is 2.46. The number of fused-ring (bicyclic) bond motifs is 9. The van der Waals surface area contributed by atoms with Crippen molar-refractivity contribution >= 4 is 21.8 Å². The zero-order valence-corrected chi connectivity index (χ0v) is 14.5. The Hall–Kier alpha value is -2.52. The van der Waals surface area contributed by atoms with Crippen LogP contribution in [0, 0.1) is 0 Å². The normalized spacial score (nSPS) is 24.9. The number of aromatic amines is 2. The highest BCUT2D eigenvalue weighted by Crippen LogP contribution is 2.46. The molecule has 25 heavy (non-hydrogen) atoms. The van der Waals surface area contributed by atoms with Crippen LogP contribution in [0.4, 0.5) is 0 Å². The van der Waals surface area contributed by atoms with Gasteiger partial charge in [0.2, 0.25) is 0 Å². The number of aromatic nitrogens is 2. The number of rotatable bonds is 0. The molecular formula is C22H22N3+. The Kier molecular flexibility index (Phi) is 2.50. The molecule has 3 heteroatoms. The highest BCUT2D eigenvalue weighted by atomic mass is 15.4. The number of quaternary nitrogens is 1. The van der Waals surface area contributed by atoms with Crippen LogP contribution in [0.1, 0.15) is 28.6 Å². The maximum absolute atomic E-state index is 3.79. The molecule has 6 rings (SSSR count). The molecule has 0 fully saturated rings. The molecule has 4 heterocycles. The summed E-state index contributed by atoms with van der Waals surface area (Å²) in [4.78, 5) is 7.58. The second-order valence-electron chi connectivity index (χ2n) is 7.95. The summed E-state index contributed by atoms with van der Waals surface area (Å²) in [5.41, 5.74) is 8.49. The quantitative estimate of drug-likeness (QED) is 0.451. The van der Waals surface area contributed by atoms with Crippen molar-refractivity contribution in [2.75, 3.05) is 20.1 Å². The standard InChI is InChI=1S/C22H22N3/c1-25-12-10-16-14-6-2-4-8-18(14)23-20(16)22(25)21-17(11-13-25)15-7-3-5-9-19(15)24-21/h2-9,22-24H,10-13H2,1H3/q+1. The summed E-state index contributed by atoms with van der Waals surface area (Å²) in [6.45, 7) is 2.43. The molecule has 0 spiro atoms. The van der Waals surface area contributed by atoms with Crippen LogP contribution in [0.25, 0.3) is 21.8 Å². The van der Waals surface area contributed by atoms with Gasteiger partial charge in [0.05, 0.1) is 31.5 Å². The molecule has 0 radical (unpaired) electrons. The van der Waals surface area contributed by atoms with Crippen molar-refractivity contribution in [2.24, 2.45) is 0 Å². The minimum Gasteiger partial charge on any atom is -0.353 e. The fourth-order valence-corrected chi connectivity index (χ4v) is 5.32. The molecule has 0 unspecified atom stereocenters. The average molecular weight is 328 g/mol. The number of para-hydroxylation sites is 2. The summed E-state index contributed by atoms with van der Waals surface area (Å²) >= 11 is 0. The van der Waals surface area contributed by atoms with E-state index in [4.69, 9.17) is 0 Å². The molecule has 0 bridgehead atoms. The van der Waals surface area contributed by atoms with Crippen molar-refractivity contribution in [3.8, 4) is 0 Å². The van der Waals surface area contributed by atoms with Crippen LogP contribution in [0.3, 0.4) is 0 Å². The van der Waals surface area contributed by atoms with E-state index < -0.39 is 0 Å². The van der Waals surface area contributed by atoms with Crippen LogP contribution in [-0.4, -0.2) is 34.6 Å². The monoisotopic (exact) mass is 328 g/mol. The van der Waals surface area contributed by atoms with Crippen molar-refractivity contribution in [3.63, 3.8) is 0 Å². The lowest BCUT2D eigenvalue weighted by Crippen LogP contribution is -2.55. The number of benzene rings is 2. The van der Waals surface area contributed by atoms with Crippen LogP contribution in [0.15, 0.2) is 48.5 Å². The number of likely N-dealkylation sites (N-methyl/N-ethyl adjacent to an activating group) is 1. The number of H-pyrrole nitrogens is 2. The summed E-state index contributed by atoms with van der Waals surface area (Å²) < 4.78 is 1.11. The molecule has 0 aliphatic carbocycles. The van der Waals surface area contributed by atoms with E-state index in [1.54, 1.807) is 0 Å². The van der Waals surface area contributed by atoms with Gasteiger partial charge in [-0.05, 0) is 23.3 Å². The van der Waals surface area contributed by atoms with Gasteiger partial charge in [0, 0.05) is 34.6 Å². The molecule has 0 amide bonds. The average Bonchev–Trinajstić information content (AvgIpc) is 3.18. The first kappa shape index (κ1) is 13.7. The lowest BCUT2D eigenvalue weighted by molar-refractivity contribution is -0.938. The zero-order valence-electron chi connectivity index (χ0n) is 14.5. The Balaban J connectivity index is 1.67. The van der Waals surface area contributed by atoms with Gasteiger partial charge in [-0.1, -0.05) is 36.4 Å². The van der Waals surface area contributed by atoms with Crippen LogP contribution < -0.4 is 0 Å². The lowest BCUT2D eigenvalue weighted by atomic mass is 9.87. The first-order chi connectivity index (χ1) is 12.2. The van der Waals surface area contributed by atoms with E-state index in [1.165, 1.54) is 70.3 Å². The molecular weight excluding hydrogens is 306 g/mol. The van der Waals surface area contributed by atoms with E-state index >= 15 is 0 Å². The fraction of sp³-hybridized carbons (Fsp3) is 0.273. The van der Waals surface area contributed by atoms with Crippen molar-refractivity contribution in [2.45, 2.75) is 18.9 Å². The van der Waals surface area contributed by atoms with Crippen molar-refractivity contribution in [3.05, 3.63) is 71.0 Å². The third-order valence-corrected chi connectivity index (χ3v) is 6.61. The Morgan fingerprint density at radius 1 is 0.760 bits per heavy atom. The maximum Gasteiger partial charge on any atom is 0.171 e. The number of nitrogens with zero attached hydrogens (tertiary/aromatic N) is 1. The molecule has 0 saturated heterocycles. The predicted octanol–water partition coefficient (Wildman–Crippen LogP) is 4.30. The van der Waals surface area contributed by atoms with Crippen LogP contribution in [-0.2, 0) is 12.8 Å². The summed E-state index contributed by atoms with van der Waals surface area (Å²) in [5.74, 6) is 0. The Morgan fingerprint density at radius 3 is 1.76 bits per heavy atom. The fourth-order valence-electron chi connectivity index (χ4n) is 5.32. The molecule has 0 atom stereocenters. The lowest BCUT2D eigenvalue weighted by Gasteiger charge is -2.47. The third-order valence-electron chi connectivity index (χ3n) is 6.61. The Morgan fingerprint density at radius 2 is 1.24 bits per heavy atom. The van der Waals surface area contributed by atoms with E-state index in [2.05, 4.69) is 65.5 Å². The maximum atomic E-state index is 3.79. The van der Waals surface area contributed by atoms with Crippen LogP contribution in [0.2, 0.25) is 0 Å². The minimum atomic E-state index is 0.396. The number of hydrogen-bond donors (Lipinski definition) is 2. The van der Waals surface area contributed by atoms with E-state index in [0.717, 1.165) is 4.48 Å². The highest BCUT2D eigenvalue weighted by molar-refractivity contribution is 5.87. The van der Waals surface area contributed by atoms with Gasteiger partial charge in [-0.15, -0.1) is 0 Å². The molecule has 2 aliphatic heterocycles. The minimum absolute atomic E-state index is 0.396. The zero-order chi connectivity index (χ0) is 16.6. The number of hydrogen-bond acceptors (Lipinski definition) is 0. The largest absolute Gasteiger partial charge is 0.353 e. The summed E-state index contributed by atoms with van der Waals surface area (Å²) in [6, 6.07) is 18.0. The van der Waals surface area contributed by atoms with Gasteiger partial charge < -0.3 is 14.5 Å². The van der Waals surface area contributed by atoms with Crippen LogP contribution >= 0.6 is 0 Å². The van der Waals surface area contributed by atoms with Crippen molar-refractivity contribution in [1.82, 2.24) is 9.97 Å². The molecule has 2 N–H and O–H groups in total. The Labute approximate surface area is 146 Å². The number of nitrogens with one attached hydrogen (secondary N) is 2. The molecule has 2 aromatic heterocycles. The van der Waals surface area contributed by atoms with E-state index in [0.29, 0.717) is 6.04 Å². The van der Waals surface area contributed by atoms with E-state index in [-0.39, 0.29) is 0 Å². The van der Waals surface area contributed by atoms with Crippen molar-refractivity contribution in [1.29, 1.82) is 0 Å². The first-order valence-corrected chi connectivity index (χ1v) is 9.28. The molecule has 2 aliphatic rings. The molecule has 4 aromatic rings. The van der Waals surface area contributed by atoms with Crippen molar-refractivity contribution < 1.29 is 4.48 Å². The van der Waals surface area contributed by atoms with Gasteiger partial charge in [0.1, 0.15) is 0 Å². The predicted molar refractivity (Wildman–Crippen MR) is 102 cm³/mol. The third kappa shape index (κ3) is 1.69. The van der Waals surface area contributed by atoms with Gasteiger partial charge in [-0.25, -0.2) is 0 Å². The second kappa shape index (κ2) is 4.55. The molecule has 3 nitrogen and oxygen atoms in total. The Bertz CT molecular complexity index is 1040. The topological polar surface area (TPSA) is 31.6 Å². The SMILES string of the molecule is C[N+]12CCc3c([nH]c4ccccc34)C1c1[nH]c3ccccc3c1CC2. The molecule has 124 valence electrons. The first-order valence-electron chi connectivity index (χ1n) is 9.28. The second-order valence-corrected chi connectivity index (χ2v) is 7.95. The summed E-state index contributed by atoms with van der Waals surface area (Å²) in [7, 11) is 2.44. The smallest absolute Gasteiger partial charge is 0.171 e. The van der Waals surface area contributed by atoms with E-state index in [1.807, 2.05) is 0 Å².